The number of fused-ring (bicyclic) bond motifs is 2. The molecule has 13 heavy (non-hydrogen) atoms. The van der Waals surface area contributed by atoms with Crippen molar-refractivity contribution in [1.82, 2.24) is 9.97 Å². The molecule has 0 atom stereocenters. The summed E-state index contributed by atoms with van der Waals surface area (Å²) in [5.74, 6) is 0. The van der Waals surface area contributed by atoms with E-state index in [1.54, 1.807) is 0 Å². The third-order valence-corrected chi connectivity index (χ3v) is 2.23. The second-order valence-electron chi connectivity index (χ2n) is 3.07. The molecule has 1 radical (unpaired) electrons. The standard InChI is InChI=1S/C11H7N2/c1-2-4-9-6-11-10(12-7-13-11)5-8(9)3-1/h1-6H,(H,12,13). The molecule has 0 spiro atoms. The number of nitrogens with one attached hydrogen (secondary N) is 1. The number of hydrogen-bond donors (Lipinski definition) is 1. The molecular formula is C11H7N2. The summed E-state index contributed by atoms with van der Waals surface area (Å²) in [5.41, 5.74) is 2.01. The molecule has 0 fully saturated rings. The Kier molecular flexibility index (Phi) is 1.19. The average molecular weight is 167 g/mol. The van der Waals surface area contributed by atoms with E-state index < -0.39 is 0 Å². The maximum Gasteiger partial charge on any atom is 0.174 e. The van der Waals surface area contributed by atoms with Crippen LogP contribution in [0.4, 0.5) is 0 Å². The van der Waals surface area contributed by atoms with Crippen molar-refractivity contribution in [3.63, 3.8) is 0 Å². The van der Waals surface area contributed by atoms with Crippen molar-refractivity contribution in [3.8, 4) is 0 Å². The van der Waals surface area contributed by atoms with Crippen molar-refractivity contribution in [1.29, 1.82) is 0 Å². The molecule has 0 saturated carbocycles. The summed E-state index contributed by atoms with van der Waals surface area (Å²) in [6, 6.07) is 12.4. The zero-order valence-electron chi connectivity index (χ0n) is 6.91. The van der Waals surface area contributed by atoms with Gasteiger partial charge in [0, 0.05) is 0 Å². The van der Waals surface area contributed by atoms with Gasteiger partial charge in [-0.3, -0.25) is 0 Å². The Morgan fingerprint density at radius 3 is 2.69 bits per heavy atom. The largest absolute Gasteiger partial charge is 0.335 e. The van der Waals surface area contributed by atoms with Crippen LogP contribution in [0, 0.1) is 6.33 Å². The van der Waals surface area contributed by atoms with Crippen LogP contribution in [0.15, 0.2) is 36.4 Å². The van der Waals surface area contributed by atoms with Crippen LogP contribution in [0.25, 0.3) is 21.8 Å². The van der Waals surface area contributed by atoms with Crippen LogP contribution >= 0.6 is 0 Å². The molecule has 0 amide bonds. The zero-order chi connectivity index (χ0) is 8.67. The summed E-state index contributed by atoms with van der Waals surface area (Å²) in [4.78, 5) is 7.06. The van der Waals surface area contributed by atoms with Crippen molar-refractivity contribution in [2.24, 2.45) is 0 Å². The van der Waals surface area contributed by atoms with Gasteiger partial charge in [-0.15, -0.1) is 0 Å². The number of nitrogens with zero attached hydrogens (tertiary/aromatic N) is 1. The van der Waals surface area contributed by atoms with E-state index in [4.69, 9.17) is 0 Å². The number of hydrogen-bond acceptors (Lipinski definition) is 1. The number of H-pyrrole nitrogens is 1. The van der Waals surface area contributed by atoms with Gasteiger partial charge >= 0.3 is 0 Å². The van der Waals surface area contributed by atoms with Crippen molar-refractivity contribution in [2.75, 3.05) is 0 Å². The summed E-state index contributed by atoms with van der Waals surface area (Å²) in [6.07, 6.45) is 2.74. The van der Waals surface area contributed by atoms with E-state index >= 15 is 0 Å². The van der Waals surface area contributed by atoms with Crippen molar-refractivity contribution in [2.45, 2.75) is 0 Å². The number of aromatic amines is 1. The van der Waals surface area contributed by atoms with Crippen LogP contribution in [0.3, 0.4) is 0 Å². The molecule has 0 aliphatic rings. The molecule has 1 aromatic heterocycles. The second-order valence-corrected chi connectivity index (χ2v) is 3.07. The number of aromatic nitrogens is 2. The molecule has 3 rings (SSSR count). The average Bonchev–Trinajstić information content (AvgIpc) is 2.61. The van der Waals surface area contributed by atoms with Gasteiger partial charge in [-0.05, 0) is 22.9 Å². The molecular weight excluding hydrogens is 160 g/mol. The molecule has 2 heteroatoms. The van der Waals surface area contributed by atoms with Gasteiger partial charge in [-0.25, -0.2) is 4.98 Å². The summed E-state index contributed by atoms with van der Waals surface area (Å²) >= 11 is 0. The Balaban J connectivity index is 2.57. The van der Waals surface area contributed by atoms with Gasteiger partial charge in [0.1, 0.15) is 0 Å². The number of imidazole rings is 1. The lowest BCUT2D eigenvalue weighted by atomic mass is 10.1. The normalized spacial score (nSPS) is 11.1. The molecule has 61 valence electrons. The van der Waals surface area contributed by atoms with Crippen LogP contribution in [0.2, 0.25) is 0 Å². The van der Waals surface area contributed by atoms with Gasteiger partial charge in [0.15, 0.2) is 6.33 Å². The van der Waals surface area contributed by atoms with E-state index in [0.717, 1.165) is 11.0 Å². The molecule has 1 heterocycles. The SMILES string of the molecule is [c]1nc2cc3ccccc3cc2[nH]1. The van der Waals surface area contributed by atoms with Gasteiger partial charge in [0.05, 0.1) is 11.0 Å². The van der Waals surface area contributed by atoms with E-state index in [-0.39, 0.29) is 0 Å². The Bertz CT molecular complexity index is 517. The van der Waals surface area contributed by atoms with E-state index in [1.165, 1.54) is 10.8 Å². The first kappa shape index (κ1) is 6.66. The summed E-state index contributed by atoms with van der Waals surface area (Å²) in [6.45, 7) is 0. The quantitative estimate of drug-likeness (QED) is 0.547. The maximum absolute atomic E-state index is 4.09. The number of rotatable bonds is 0. The smallest absolute Gasteiger partial charge is 0.174 e. The van der Waals surface area contributed by atoms with Crippen LogP contribution in [0.1, 0.15) is 0 Å². The van der Waals surface area contributed by atoms with E-state index in [1.807, 2.05) is 12.1 Å². The van der Waals surface area contributed by atoms with Crippen LogP contribution in [-0.2, 0) is 0 Å². The van der Waals surface area contributed by atoms with Gasteiger partial charge in [0.2, 0.25) is 0 Å². The summed E-state index contributed by atoms with van der Waals surface area (Å²) < 4.78 is 0. The highest BCUT2D eigenvalue weighted by molar-refractivity contribution is 5.94. The summed E-state index contributed by atoms with van der Waals surface area (Å²) in [7, 11) is 0. The molecule has 0 saturated heterocycles. The topological polar surface area (TPSA) is 28.7 Å². The lowest BCUT2D eigenvalue weighted by molar-refractivity contribution is 1.32. The molecule has 2 nitrogen and oxygen atoms in total. The van der Waals surface area contributed by atoms with E-state index in [2.05, 4.69) is 40.6 Å². The van der Waals surface area contributed by atoms with Gasteiger partial charge in [0.25, 0.3) is 0 Å². The van der Waals surface area contributed by atoms with Gasteiger partial charge in [-0.1, -0.05) is 24.3 Å². The molecule has 0 aliphatic carbocycles. The third-order valence-electron chi connectivity index (χ3n) is 2.23. The van der Waals surface area contributed by atoms with Crippen molar-refractivity contribution in [3.05, 3.63) is 42.7 Å². The highest BCUT2D eigenvalue weighted by Gasteiger charge is 1.98. The Morgan fingerprint density at radius 2 is 1.85 bits per heavy atom. The van der Waals surface area contributed by atoms with Crippen molar-refractivity contribution < 1.29 is 0 Å². The minimum Gasteiger partial charge on any atom is -0.335 e. The molecule has 0 aliphatic heterocycles. The first-order chi connectivity index (χ1) is 6.43. The molecule has 1 N–H and O–H groups in total. The van der Waals surface area contributed by atoms with Gasteiger partial charge < -0.3 is 4.98 Å². The van der Waals surface area contributed by atoms with E-state index in [9.17, 15) is 0 Å². The van der Waals surface area contributed by atoms with Gasteiger partial charge in [-0.2, -0.15) is 0 Å². The fourth-order valence-corrected chi connectivity index (χ4v) is 1.57. The first-order valence-corrected chi connectivity index (χ1v) is 4.18. The minimum absolute atomic E-state index is 0.971. The lowest BCUT2D eigenvalue weighted by Gasteiger charge is -1.95. The number of benzene rings is 2. The van der Waals surface area contributed by atoms with Crippen LogP contribution in [-0.4, -0.2) is 9.97 Å². The Hall–Kier alpha value is -1.83. The van der Waals surface area contributed by atoms with Crippen LogP contribution < -0.4 is 0 Å². The Labute approximate surface area is 75.2 Å². The second kappa shape index (κ2) is 2.33. The predicted molar refractivity (Wildman–Crippen MR) is 52.4 cm³/mol. The fraction of sp³-hybridized carbons (Fsp3) is 0. The fourth-order valence-electron chi connectivity index (χ4n) is 1.57. The lowest BCUT2D eigenvalue weighted by Crippen LogP contribution is -1.73. The first-order valence-electron chi connectivity index (χ1n) is 4.18. The highest BCUT2D eigenvalue weighted by atomic mass is 14.9. The Morgan fingerprint density at radius 1 is 1.08 bits per heavy atom. The minimum atomic E-state index is 0.971. The van der Waals surface area contributed by atoms with Crippen LogP contribution in [0.5, 0.6) is 0 Å². The van der Waals surface area contributed by atoms with Crippen molar-refractivity contribution >= 4 is 21.8 Å². The molecule has 2 aromatic carbocycles. The summed E-state index contributed by atoms with van der Waals surface area (Å²) in [5, 5.41) is 2.45. The maximum atomic E-state index is 4.09. The predicted octanol–water partition coefficient (Wildman–Crippen LogP) is 2.52. The molecule has 0 unspecified atom stereocenters. The van der Waals surface area contributed by atoms with E-state index in [0.29, 0.717) is 0 Å². The molecule has 3 aromatic rings. The third kappa shape index (κ3) is 0.920. The highest BCUT2D eigenvalue weighted by Crippen LogP contribution is 2.19. The monoisotopic (exact) mass is 167 g/mol. The zero-order valence-corrected chi connectivity index (χ0v) is 6.91. The molecule has 0 bridgehead atoms.